The Balaban J connectivity index is 2.71. The van der Waals surface area contributed by atoms with E-state index in [0.717, 1.165) is 0 Å². The standard InChI is InChI=1S/C10H12N2O3/c1-7(13)12-9-4-2-8(3-5-9)10(14)6-15-11/h2-5H,6,11H2,1H3,(H,12,13). The van der Waals surface area contributed by atoms with E-state index in [1.54, 1.807) is 24.3 Å². The minimum Gasteiger partial charge on any atom is -0.326 e. The summed E-state index contributed by atoms with van der Waals surface area (Å²) < 4.78 is 0. The van der Waals surface area contributed by atoms with Crippen LogP contribution in [0.5, 0.6) is 0 Å². The molecule has 0 aromatic heterocycles. The Morgan fingerprint density at radius 2 is 1.93 bits per heavy atom. The zero-order chi connectivity index (χ0) is 11.3. The van der Waals surface area contributed by atoms with E-state index in [0.29, 0.717) is 11.3 Å². The molecule has 0 aliphatic heterocycles. The van der Waals surface area contributed by atoms with Crippen LogP contribution < -0.4 is 11.2 Å². The summed E-state index contributed by atoms with van der Waals surface area (Å²) >= 11 is 0. The summed E-state index contributed by atoms with van der Waals surface area (Å²) in [5.41, 5.74) is 1.14. The lowest BCUT2D eigenvalue weighted by atomic mass is 10.1. The Morgan fingerprint density at radius 1 is 1.33 bits per heavy atom. The average molecular weight is 208 g/mol. The lowest BCUT2D eigenvalue weighted by Crippen LogP contribution is -2.12. The molecule has 0 aliphatic rings. The predicted octanol–water partition coefficient (Wildman–Crippen LogP) is 0.718. The van der Waals surface area contributed by atoms with Gasteiger partial charge in [-0.1, -0.05) is 0 Å². The predicted molar refractivity (Wildman–Crippen MR) is 55.2 cm³/mol. The molecule has 0 aliphatic carbocycles. The van der Waals surface area contributed by atoms with Gasteiger partial charge in [-0.15, -0.1) is 0 Å². The van der Waals surface area contributed by atoms with Gasteiger partial charge in [0.1, 0.15) is 6.61 Å². The summed E-state index contributed by atoms with van der Waals surface area (Å²) in [5.74, 6) is 4.43. The lowest BCUT2D eigenvalue weighted by Gasteiger charge is -2.03. The number of rotatable bonds is 4. The van der Waals surface area contributed by atoms with Gasteiger partial charge in [0.05, 0.1) is 0 Å². The third-order valence-electron chi connectivity index (χ3n) is 1.74. The van der Waals surface area contributed by atoms with Gasteiger partial charge >= 0.3 is 0 Å². The topological polar surface area (TPSA) is 81.4 Å². The summed E-state index contributed by atoms with van der Waals surface area (Å²) in [6, 6.07) is 6.50. The first-order chi connectivity index (χ1) is 7.13. The second kappa shape index (κ2) is 5.23. The number of hydrogen-bond donors (Lipinski definition) is 2. The van der Waals surface area contributed by atoms with E-state index in [-0.39, 0.29) is 18.3 Å². The number of amides is 1. The number of hydrogen-bond acceptors (Lipinski definition) is 4. The molecule has 1 aromatic carbocycles. The summed E-state index contributed by atoms with van der Waals surface area (Å²) in [5, 5.41) is 2.60. The Morgan fingerprint density at radius 3 is 2.40 bits per heavy atom. The van der Waals surface area contributed by atoms with E-state index < -0.39 is 0 Å². The zero-order valence-electron chi connectivity index (χ0n) is 8.32. The maximum Gasteiger partial charge on any atom is 0.221 e. The second-order valence-corrected chi connectivity index (χ2v) is 2.99. The van der Waals surface area contributed by atoms with E-state index in [2.05, 4.69) is 10.2 Å². The van der Waals surface area contributed by atoms with Crippen LogP contribution in [0.2, 0.25) is 0 Å². The van der Waals surface area contributed by atoms with E-state index in [4.69, 9.17) is 5.90 Å². The van der Waals surface area contributed by atoms with Crippen LogP contribution in [0.4, 0.5) is 5.69 Å². The lowest BCUT2D eigenvalue weighted by molar-refractivity contribution is -0.114. The Bertz CT molecular complexity index is 359. The molecule has 3 N–H and O–H groups in total. The molecule has 0 bridgehead atoms. The third-order valence-corrected chi connectivity index (χ3v) is 1.74. The first-order valence-corrected chi connectivity index (χ1v) is 4.36. The van der Waals surface area contributed by atoms with Crippen LogP contribution in [0, 0.1) is 0 Å². The SMILES string of the molecule is CC(=O)Nc1ccc(C(=O)CON)cc1. The molecule has 0 saturated carbocycles. The van der Waals surface area contributed by atoms with Crippen LogP contribution in [-0.4, -0.2) is 18.3 Å². The van der Waals surface area contributed by atoms with Crippen LogP contribution in [-0.2, 0) is 9.63 Å². The Hall–Kier alpha value is -1.72. The summed E-state index contributed by atoms with van der Waals surface area (Å²) in [6.45, 7) is 1.26. The first kappa shape index (κ1) is 11.4. The Kier molecular flexibility index (Phi) is 3.96. The van der Waals surface area contributed by atoms with Crippen molar-refractivity contribution in [2.24, 2.45) is 5.90 Å². The van der Waals surface area contributed by atoms with Gasteiger partial charge in [0.2, 0.25) is 5.91 Å². The van der Waals surface area contributed by atoms with Gasteiger partial charge in [-0.3, -0.25) is 14.4 Å². The monoisotopic (exact) mass is 208 g/mol. The van der Waals surface area contributed by atoms with Crippen LogP contribution in [0.3, 0.4) is 0 Å². The Labute approximate surface area is 87.2 Å². The number of anilines is 1. The van der Waals surface area contributed by atoms with Crippen molar-refractivity contribution in [2.75, 3.05) is 11.9 Å². The van der Waals surface area contributed by atoms with Crippen molar-refractivity contribution in [3.05, 3.63) is 29.8 Å². The third kappa shape index (κ3) is 3.49. The van der Waals surface area contributed by atoms with Crippen LogP contribution in [0.25, 0.3) is 0 Å². The van der Waals surface area contributed by atoms with Crippen molar-refractivity contribution >= 4 is 17.4 Å². The van der Waals surface area contributed by atoms with Gasteiger partial charge in [-0.2, -0.15) is 0 Å². The van der Waals surface area contributed by atoms with E-state index in [1.165, 1.54) is 6.92 Å². The number of carbonyl (C=O) groups is 2. The van der Waals surface area contributed by atoms with Crippen LogP contribution >= 0.6 is 0 Å². The fourth-order valence-corrected chi connectivity index (χ4v) is 1.10. The minimum absolute atomic E-state index is 0.153. The van der Waals surface area contributed by atoms with Gasteiger partial charge in [-0.05, 0) is 24.3 Å². The van der Waals surface area contributed by atoms with Gasteiger partial charge in [0.25, 0.3) is 0 Å². The maximum atomic E-state index is 11.3. The number of nitrogens with two attached hydrogens (primary N) is 1. The van der Waals surface area contributed by atoms with Gasteiger partial charge in [0.15, 0.2) is 5.78 Å². The fourth-order valence-electron chi connectivity index (χ4n) is 1.10. The number of ketones is 1. The summed E-state index contributed by atoms with van der Waals surface area (Å²) in [7, 11) is 0. The molecule has 0 spiro atoms. The molecule has 5 nitrogen and oxygen atoms in total. The summed E-state index contributed by atoms with van der Waals surface area (Å²) in [4.78, 5) is 26.2. The van der Waals surface area contributed by atoms with Gasteiger partial charge < -0.3 is 5.32 Å². The molecule has 1 rings (SSSR count). The highest BCUT2D eigenvalue weighted by atomic mass is 16.6. The highest BCUT2D eigenvalue weighted by Crippen LogP contribution is 2.09. The number of benzene rings is 1. The fraction of sp³-hybridized carbons (Fsp3) is 0.200. The van der Waals surface area contributed by atoms with Gasteiger partial charge in [0, 0.05) is 18.2 Å². The molecule has 15 heavy (non-hydrogen) atoms. The van der Waals surface area contributed by atoms with Crippen molar-refractivity contribution in [1.29, 1.82) is 0 Å². The van der Waals surface area contributed by atoms with Crippen molar-refractivity contribution in [3.8, 4) is 0 Å². The molecular weight excluding hydrogens is 196 g/mol. The zero-order valence-corrected chi connectivity index (χ0v) is 8.32. The maximum absolute atomic E-state index is 11.3. The van der Waals surface area contributed by atoms with Crippen molar-refractivity contribution in [2.45, 2.75) is 6.92 Å². The highest BCUT2D eigenvalue weighted by molar-refractivity contribution is 5.97. The molecule has 1 amide bonds. The second-order valence-electron chi connectivity index (χ2n) is 2.99. The quantitative estimate of drug-likeness (QED) is 0.564. The largest absolute Gasteiger partial charge is 0.326 e. The normalized spacial score (nSPS) is 9.73. The number of carbonyl (C=O) groups excluding carboxylic acids is 2. The molecule has 5 heteroatoms. The van der Waals surface area contributed by atoms with E-state index >= 15 is 0 Å². The van der Waals surface area contributed by atoms with E-state index in [9.17, 15) is 9.59 Å². The molecule has 1 aromatic rings. The first-order valence-electron chi connectivity index (χ1n) is 4.36. The van der Waals surface area contributed by atoms with E-state index in [1.807, 2.05) is 0 Å². The highest BCUT2D eigenvalue weighted by Gasteiger charge is 2.05. The molecule has 0 atom stereocenters. The molecule has 80 valence electrons. The van der Waals surface area contributed by atoms with Crippen LogP contribution in [0.1, 0.15) is 17.3 Å². The van der Waals surface area contributed by atoms with Crippen molar-refractivity contribution in [3.63, 3.8) is 0 Å². The van der Waals surface area contributed by atoms with Crippen molar-refractivity contribution < 1.29 is 14.4 Å². The molecule has 0 heterocycles. The molecule has 0 unspecified atom stereocenters. The smallest absolute Gasteiger partial charge is 0.221 e. The minimum atomic E-state index is -0.202. The van der Waals surface area contributed by atoms with Gasteiger partial charge in [-0.25, -0.2) is 5.90 Å². The number of Topliss-reactive ketones (excluding diaryl/α,β-unsaturated/α-hetero) is 1. The van der Waals surface area contributed by atoms with Crippen LogP contribution in [0.15, 0.2) is 24.3 Å². The average Bonchev–Trinajstić information content (AvgIpc) is 2.18. The molecular formula is C10H12N2O3. The molecule has 0 saturated heterocycles. The van der Waals surface area contributed by atoms with Crippen molar-refractivity contribution in [1.82, 2.24) is 0 Å². The molecule has 0 radical (unpaired) electrons. The molecule has 0 fully saturated rings. The number of nitrogens with one attached hydrogen (secondary N) is 1. The summed E-state index contributed by atoms with van der Waals surface area (Å²) in [6.07, 6.45) is 0.